The van der Waals surface area contributed by atoms with E-state index in [9.17, 15) is 9.59 Å². The summed E-state index contributed by atoms with van der Waals surface area (Å²) in [5.41, 5.74) is 1.01. The van der Waals surface area contributed by atoms with Crippen molar-refractivity contribution in [1.82, 2.24) is 14.7 Å². The van der Waals surface area contributed by atoms with E-state index in [0.717, 1.165) is 30.5 Å². The fourth-order valence-corrected chi connectivity index (χ4v) is 4.22. The number of amides is 2. The number of piperazine rings is 1. The summed E-state index contributed by atoms with van der Waals surface area (Å²) in [4.78, 5) is 35.3. The zero-order valence-electron chi connectivity index (χ0n) is 14.0. The molecule has 0 bridgehead atoms. The number of hydrogen-bond acceptors (Lipinski definition) is 5. The van der Waals surface area contributed by atoms with Crippen LogP contribution in [0.5, 0.6) is 0 Å². The summed E-state index contributed by atoms with van der Waals surface area (Å²) in [5, 5.41) is 3.01. The van der Waals surface area contributed by atoms with Gasteiger partial charge >= 0.3 is 0 Å². The van der Waals surface area contributed by atoms with Crippen molar-refractivity contribution in [3.8, 4) is 0 Å². The van der Waals surface area contributed by atoms with Crippen LogP contribution < -0.4 is 0 Å². The van der Waals surface area contributed by atoms with E-state index in [0.29, 0.717) is 25.4 Å². The summed E-state index contributed by atoms with van der Waals surface area (Å²) >= 11 is 1.59. The molecule has 0 saturated carbocycles. The van der Waals surface area contributed by atoms with Gasteiger partial charge in [0, 0.05) is 31.9 Å². The first-order valence-electron chi connectivity index (χ1n) is 8.23. The maximum atomic E-state index is 12.7. The van der Waals surface area contributed by atoms with Crippen LogP contribution in [0.25, 0.3) is 0 Å². The molecular formula is C16H24N4O2S. The van der Waals surface area contributed by atoms with E-state index in [4.69, 9.17) is 0 Å². The summed E-state index contributed by atoms with van der Waals surface area (Å²) in [5.74, 6) is 0.550. The number of carbonyl (C=O) groups excluding carboxylic acids is 2. The maximum absolute atomic E-state index is 12.7. The van der Waals surface area contributed by atoms with E-state index in [1.165, 1.54) is 0 Å². The molecule has 0 aromatic rings. The minimum absolute atomic E-state index is 0.0371. The Bertz CT molecular complexity index is 572. The first-order valence-corrected chi connectivity index (χ1v) is 9.11. The lowest BCUT2D eigenvalue weighted by atomic mass is 10.1. The summed E-state index contributed by atoms with van der Waals surface area (Å²) in [6.45, 7) is 9.74. The molecule has 3 rings (SSSR count). The molecule has 0 aromatic carbocycles. The van der Waals surface area contributed by atoms with Crippen molar-refractivity contribution in [2.75, 3.05) is 32.7 Å². The van der Waals surface area contributed by atoms with Gasteiger partial charge < -0.3 is 14.7 Å². The maximum Gasteiger partial charge on any atom is 0.245 e. The first kappa shape index (κ1) is 16.4. The van der Waals surface area contributed by atoms with Crippen LogP contribution in [0, 0.1) is 5.92 Å². The van der Waals surface area contributed by atoms with Crippen molar-refractivity contribution in [1.29, 1.82) is 0 Å². The minimum atomic E-state index is -0.364. The Balaban J connectivity index is 1.60. The van der Waals surface area contributed by atoms with Gasteiger partial charge in [0.2, 0.25) is 11.8 Å². The molecule has 3 heterocycles. The van der Waals surface area contributed by atoms with Gasteiger partial charge in [0.05, 0.1) is 13.0 Å². The van der Waals surface area contributed by atoms with Crippen LogP contribution in [0.15, 0.2) is 16.1 Å². The van der Waals surface area contributed by atoms with Gasteiger partial charge in [-0.25, -0.2) is 0 Å². The van der Waals surface area contributed by atoms with Crippen LogP contribution in [0.3, 0.4) is 0 Å². The molecule has 126 valence electrons. The normalized spacial score (nSPS) is 24.3. The topological polar surface area (TPSA) is 56.2 Å². The van der Waals surface area contributed by atoms with Gasteiger partial charge in [-0.2, -0.15) is 0 Å². The largest absolute Gasteiger partial charge is 0.339 e. The third kappa shape index (κ3) is 3.24. The molecule has 3 aliphatic rings. The molecule has 0 N–H and O–H groups in total. The SMILES string of the molecule is CC(C)CN1CCN(C(=O)CC2=CSC3=NCCN23)[C@H](C)C1=O. The Morgan fingerprint density at radius 1 is 1.39 bits per heavy atom. The Morgan fingerprint density at radius 2 is 2.17 bits per heavy atom. The Kier molecular flexibility index (Phi) is 4.66. The van der Waals surface area contributed by atoms with Crippen molar-refractivity contribution in [2.45, 2.75) is 33.2 Å². The average molecular weight is 336 g/mol. The lowest BCUT2D eigenvalue weighted by molar-refractivity contribution is -0.150. The van der Waals surface area contributed by atoms with E-state index in [1.807, 2.05) is 17.2 Å². The second-order valence-electron chi connectivity index (χ2n) is 6.66. The fourth-order valence-electron chi connectivity index (χ4n) is 3.26. The van der Waals surface area contributed by atoms with Crippen molar-refractivity contribution in [3.05, 3.63) is 11.1 Å². The van der Waals surface area contributed by atoms with Crippen LogP contribution in [0.4, 0.5) is 0 Å². The molecule has 0 radical (unpaired) electrons. The van der Waals surface area contributed by atoms with E-state index in [1.54, 1.807) is 16.7 Å². The third-order valence-corrected chi connectivity index (χ3v) is 5.38. The highest BCUT2D eigenvalue weighted by atomic mass is 32.2. The average Bonchev–Trinajstić information content (AvgIpc) is 3.08. The van der Waals surface area contributed by atoms with Crippen molar-refractivity contribution in [3.63, 3.8) is 0 Å². The molecule has 0 spiro atoms. The number of aliphatic imine (C=N–C) groups is 1. The number of rotatable bonds is 4. The standard InChI is InChI=1S/C16H24N4O2S/c1-11(2)9-18-6-7-19(12(3)15(18)22)14(21)8-13-10-23-16-17-4-5-20(13)16/h10-12H,4-9H2,1-3H3/t12-/m1/s1. The summed E-state index contributed by atoms with van der Waals surface area (Å²) in [7, 11) is 0. The summed E-state index contributed by atoms with van der Waals surface area (Å²) in [6, 6.07) is -0.364. The quantitative estimate of drug-likeness (QED) is 0.778. The van der Waals surface area contributed by atoms with E-state index in [2.05, 4.69) is 23.7 Å². The molecule has 3 aliphatic heterocycles. The Morgan fingerprint density at radius 3 is 2.91 bits per heavy atom. The van der Waals surface area contributed by atoms with Crippen molar-refractivity contribution >= 4 is 28.7 Å². The van der Waals surface area contributed by atoms with Crippen LogP contribution in [0.2, 0.25) is 0 Å². The van der Waals surface area contributed by atoms with Gasteiger partial charge in [-0.15, -0.1) is 0 Å². The zero-order chi connectivity index (χ0) is 16.6. The number of thioether (sulfide) groups is 1. The molecule has 0 aromatic heterocycles. The molecule has 0 aliphatic carbocycles. The highest BCUT2D eigenvalue weighted by molar-refractivity contribution is 8.16. The van der Waals surface area contributed by atoms with Gasteiger partial charge in [0.1, 0.15) is 6.04 Å². The van der Waals surface area contributed by atoms with Gasteiger partial charge in [-0.1, -0.05) is 25.6 Å². The van der Waals surface area contributed by atoms with Crippen molar-refractivity contribution in [2.24, 2.45) is 10.9 Å². The van der Waals surface area contributed by atoms with E-state index < -0.39 is 0 Å². The van der Waals surface area contributed by atoms with Crippen LogP contribution in [0.1, 0.15) is 27.2 Å². The fraction of sp³-hybridized carbons (Fsp3) is 0.688. The lowest BCUT2D eigenvalue weighted by Crippen LogP contribution is -2.58. The van der Waals surface area contributed by atoms with Gasteiger partial charge in [0.25, 0.3) is 0 Å². The van der Waals surface area contributed by atoms with E-state index in [-0.39, 0.29) is 17.9 Å². The number of carbonyl (C=O) groups is 2. The third-order valence-electron chi connectivity index (χ3n) is 4.43. The molecule has 1 atom stereocenters. The highest BCUT2D eigenvalue weighted by Gasteiger charge is 2.36. The monoisotopic (exact) mass is 336 g/mol. The smallest absolute Gasteiger partial charge is 0.245 e. The molecule has 6 nitrogen and oxygen atoms in total. The van der Waals surface area contributed by atoms with Crippen molar-refractivity contribution < 1.29 is 9.59 Å². The van der Waals surface area contributed by atoms with Crippen LogP contribution in [-0.4, -0.2) is 70.4 Å². The Hall–Kier alpha value is -1.50. The number of fused-ring (bicyclic) bond motifs is 1. The lowest BCUT2D eigenvalue weighted by Gasteiger charge is -2.40. The highest BCUT2D eigenvalue weighted by Crippen LogP contribution is 2.31. The van der Waals surface area contributed by atoms with Crippen LogP contribution >= 0.6 is 11.8 Å². The molecule has 1 fully saturated rings. The summed E-state index contributed by atoms with van der Waals surface area (Å²) in [6.07, 6.45) is 0.355. The minimum Gasteiger partial charge on any atom is -0.339 e. The van der Waals surface area contributed by atoms with Gasteiger partial charge in [-0.3, -0.25) is 14.6 Å². The molecule has 7 heteroatoms. The zero-order valence-corrected chi connectivity index (χ0v) is 14.8. The number of hydrogen-bond donors (Lipinski definition) is 0. The molecule has 23 heavy (non-hydrogen) atoms. The summed E-state index contributed by atoms with van der Waals surface area (Å²) < 4.78 is 0. The second kappa shape index (κ2) is 6.55. The molecular weight excluding hydrogens is 312 g/mol. The number of nitrogens with zero attached hydrogens (tertiary/aromatic N) is 4. The van der Waals surface area contributed by atoms with Gasteiger partial charge in [0.15, 0.2) is 5.17 Å². The van der Waals surface area contributed by atoms with Crippen LogP contribution in [-0.2, 0) is 9.59 Å². The molecule has 1 saturated heterocycles. The predicted molar refractivity (Wildman–Crippen MR) is 91.9 cm³/mol. The Labute approximate surface area is 141 Å². The molecule has 0 unspecified atom stereocenters. The van der Waals surface area contributed by atoms with E-state index >= 15 is 0 Å². The second-order valence-corrected chi connectivity index (χ2v) is 7.50. The number of amidine groups is 1. The first-order chi connectivity index (χ1) is 11.0. The predicted octanol–water partition coefficient (Wildman–Crippen LogP) is 1.35. The molecule has 2 amide bonds. The van der Waals surface area contributed by atoms with Gasteiger partial charge in [-0.05, 0) is 18.2 Å².